The van der Waals surface area contributed by atoms with Crippen molar-refractivity contribution in [2.24, 2.45) is 0 Å². The van der Waals surface area contributed by atoms with Gasteiger partial charge < -0.3 is 21.3 Å². The largest absolute Gasteiger partial charge is 0.382 e. The van der Waals surface area contributed by atoms with Crippen LogP contribution in [0.25, 0.3) is 0 Å². The molecular formula is C13H25N5OS. The van der Waals surface area contributed by atoms with E-state index in [4.69, 9.17) is 5.73 Å². The maximum absolute atomic E-state index is 12.1. The molecule has 0 aromatic carbocycles. The third-order valence-electron chi connectivity index (χ3n) is 3.26. The van der Waals surface area contributed by atoms with Crippen molar-refractivity contribution < 1.29 is 4.79 Å². The maximum Gasteiger partial charge on any atom is 0.258 e. The number of aromatic nitrogens is 1. The zero-order chi connectivity index (χ0) is 15.5. The molecule has 114 valence electrons. The Morgan fingerprint density at radius 2 is 2.05 bits per heavy atom. The molecule has 0 radical (unpaired) electrons. The Morgan fingerprint density at radius 3 is 2.55 bits per heavy atom. The highest BCUT2D eigenvalue weighted by atomic mass is 32.1. The molecule has 0 aliphatic rings. The molecule has 1 aromatic heterocycles. The molecule has 6 nitrogen and oxygen atoms in total. The molecule has 1 heterocycles. The molecule has 0 fully saturated rings. The fourth-order valence-corrected chi connectivity index (χ4v) is 2.14. The first-order valence-corrected chi connectivity index (χ1v) is 7.40. The van der Waals surface area contributed by atoms with Crippen molar-refractivity contribution in [1.82, 2.24) is 14.6 Å². The summed E-state index contributed by atoms with van der Waals surface area (Å²) >= 11 is 1.22. The molecule has 0 atom stereocenters. The second kappa shape index (κ2) is 6.41. The smallest absolute Gasteiger partial charge is 0.258 e. The molecule has 0 unspecified atom stereocenters. The first-order chi connectivity index (χ1) is 9.15. The van der Waals surface area contributed by atoms with Crippen molar-refractivity contribution in [3.8, 4) is 0 Å². The summed E-state index contributed by atoms with van der Waals surface area (Å²) in [5, 5.41) is 6.85. The summed E-state index contributed by atoms with van der Waals surface area (Å²) in [6.07, 6.45) is 0. The van der Waals surface area contributed by atoms with Gasteiger partial charge in [0.15, 0.2) is 5.82 Å². The van der Waals surface area contributed by atoms with E-state index in [0.29, 0.717) is 12.1 Å². The normalized spacial score (nSPS) is 12.0. The Labute approximate surface area is 124 Å². The number of nitrogen functional groups attached to an aromatic ring is 1. The van der Waals surface area contributed by atoms with E-state index in [0.717, 1.165) is 5.00 Å². The van der Waals surface area contributed by atoms with E-state index < -0.39 is 0 Å². The first kappa shape index (κ1) is 16.7. The van der Waals surface area contributed by atoms with Crippen LogP contribution in [-0.2, 0) is 0 Å². The van der Waals surface area contributed by atoms with Gasteiger partial charge in [-0.25, -0.2) is 0 Å². The van der Waals surface area contributed by atoms with Gasteiger partial charge in [0.05, 0.1) is 0 Å². The van der Waals surface area contributed by atoms with Crippen LogP contribution in [0.2, 0.25) is 0 Å². The SMILES string of the molecule is CC(C)NC(=O)c1c(N)nsc1NCC(C)(C)N(C)C. The number of rotatable bonds is 6. The van der Waals surface area contributed by atoms with Crippen LogP contribution >= 0.6 is 11.5 Å². The van der Waals surface area contributed by atoms with E-state index >= 15 is 0 Å². The van der Waals surface area contributed by atoms with Gasteiger partial charge in [-0.15, -0.1) is 0 Å². The highest BCUT2D eigenvalue weighted by Gasteiger charge is 2.24. The molecule has 0 spiro atoms. The molecular weight excluding hydrogens is 274 g/mol. The van der Waals surface area contributed by atoms with Crippen LogP contribution in [0.4, 0.5) is 10.8 Å². The van der Waals surface area contributed by atoms with Gasteiger partial charge in [-0.2, -0.15) is 4.37 Å². The predicted octanol–water partition coefficient (Wildman–Crippen LogP) is 1.62. The summed E-state index contributed by atoms with van der Waals surface area (Å²) in [4.78, 5) is 14.3. The van der Waals surface area contributed by atoms with Crippen LogP contribution < -0.4 is 16.4 Å². The summed E-state index contributed by atoms with van der Waals surface area (Å²) in [7, 11) is 4.05. The van der Waals surface area contributed by atoms with E-state index in [-0.39, 0.29) is 23.3 Å². The maximum atomic E-state index is 12.1. The van der Waals surface area contributed by atoms with Crippen molar-refractivity contribution in [1.29, 1.82) is 0 Å². The summed E-state index contributed by atoms with van der Waals surface area (Å²) in [5.74, 6) is 0.0923. The van der Waals surface area contributed by atoms with Crippen molar-refractivity contribution in [3.63, 3.8) is 0 Å². The monoisotopic (exact) mass is 299 g/mol. The van der Waals surface area contributed by atoms with E-state index in [1.165, 1.54) is 11.5 Å². The Bertz CT molecular complexity index is 467. The van der Waals surface area contributed by atoms with E-state index in [9.17, 15) is 4.79 Å². The Hall–Kier alpha value is -1.34. The minimum Gasteiger partial charge on any atom is -0.382 e. The van der Waals surface area contributed by atoms with Gasteiger partial charge in [-0.05, 0) is 53.3 Å². The van der Waals surface area contributed by atoms with Gasteiger partial charge in [-0.3, -0.25) is 4.79 Å². The fourth-order valence-electron chi connectivity index (χ4n) is 1.43. The van der Waals surface area contributed by atoms with Gasteiger partial charge in [0.2, 0.25) is 0 Å². The molecule has 1 amide bonds. The minimum absolute atomic E-state index is 0.0372. The lowest BCUT2D eigenvalue weighted by atomic mass is 10.0. The fraction of sp³-hybridized carbons (Fsp3) is 0.692. The van der Waals surface area contributed by atoms with Crippen LogP contribution in [-0.4, -0.2) is 47.4 Å². The third kappa shape index (κ3) is 4.08. The molecule has 0 aliphatic carbocycles. The number of likely N-dealkylation sites (N-methyl/N-ethyl adjacent to an activating group) is 1. The predicted molar refractivity (Wildman–Crippen MR) is 85.4 cm³/mol. The second-order valence-electron chi connectivity index (χ2n) is 5.96. The van der Waals surface area contributed by atoms with Crippen LogP contribution in [0.5, 0.6) is 0 Å². The summed E-state index contributed by atoms with van der Waals surface area (Å²) in [6.45, 7) is 8.77. The standard InChI is InChI=1S/C13H25N5OS/c1-8(2)16-11(19)9-10(14)17-20-12(9)15-7-13(3,4)18(5)6/h8,15H,7H2,1-6H3,(H2,14,17)(H,16,19). The number of carbonyl (C=O) groups is 1. The number of nitrogens with one attached hydrogen (secondary N) is 2. The molecule has 1 aromatic rings. The first-order valence-electron chi connectivity index (χ1n) is 6.62. The van der Waals surface area contributed by atoms with Crippen molar-refractivity contribution in [3.05, 3.63) is 5.56 Å². The number of carbonyl (C=O) groups excluding carboxylic acids is 1. The van der Waals surface area contributed by atoms with Gasteiger partial charge in [0.25, 0.3) is 5.91 Å². The van der Waals surface area contributed by atoms with Crippen molar-refractivity contribution in [2.45, 2.75) is 39.3 Å². The summed E-state index contributed by atoms with van der Waals surface area (Å²) in [5.41, 5.74) is 6.21. The highest BCUT2D eigenvalue weighted by Crippen LogP contribution is 2.27. The molecule has 7 heteroatoms. The van der Waals surface area contributed by atoms with Crippen LogP contribution in [0, 0.1) is 0 Å². The Balaban J connectivity index is 2.85. The Kier molecular flexibility index (Phi) is 5.35. The number of anilines is 2. The van der Waals surface area contributed by atoms with Gasteiger partial charge in [0, 0.05) is 18.1 Å². The number of hydrogen-bond donors (Lipinski definition) is 3. The number of nitrogens with zero attached hydrogens (tertiary/aromatic N) is 2. The van der Waals surface area contributed by atoms with Gasteiger partial charge in [0.1, 0.15) is 10.6 Å². The molecule has 1 rings (SSSR count). The second-order valence-corrected chi connectivity index (χ2v) is 6.73. The average Bonchev–Trinajstić information content (AvgIpc) is 2.67. The average molecular weight is 299 g/mol. The lowest BCUT2D eigenvalue weighted by Crippen LogP contribution is -2.44. The van der Waals surface area contributed by atoms with Crippen LogP contribution in [0.15, 0.2) is 0 Å². The molecule has 0 aliphatic heterocycles. The summed E-state index contributed by atoms with van der Waals surface area (Å²) in [6, 6.07) is 0.0628. The zero-order valence-corrected chi connectivity index (χ0v) is 13.9. The quantitative estimate of drug-likeness (QED) is 0.743. The number of hydrogen-bond acceptors (Lipinski definition) is 6. The topological polar surface area (TPSA) is 83.3 Å². The van der Waals surface area contributed by atoms with E-state index in [1.807, 2.05) is 27.9 Å². The van der Waals surface area contributed by atoms with E-state index in [2.05, 4.69) is 33.8 Å². The zero-order valence-electron chi connectivity index (χ0n) is 13.1. The lowest BCUT2D eigenvalue weighted by molar-refractivity contribution is 0.0945. The number of amides is 1. The number of nitrogens with two attached hydrogens (primary N) is 1. The minimum atomic E-state index is -0.184. The molecule has 0 saturated heterocycles. The van der Waals surface area contributed by atoms with Gasteiger partial charge in [-0.1, -0.05) is 0 Å². The molecule has 20 heavy (non-hydrogen) atoms. The third-order valence-corrected chi connectivity index (χ3v) is 4.08. The Morgan fingerprint density at radius 1 is 1.45 bits per heavy atom. The molecule has 0 saturated carbocycles. The van der Waals surface area contributed by atoms with Crippen LogP contribution in [0.3, 0.4) is 0 Å². The van der Waals surface area contributed by atoms with Crippen LogP contribution in [0.1, 0.15) is 38.1 Å². The molecule has 4 N–H and O–H groups in total. The molecule has 0 bridgehead atoms. The lowest BCUT2D eigenvalue weighted by Gasteiger charge is -2.32. The van der Waals surface area contributed by atoms with Crippen molar-refractivity contribution >= 4 is 28.3 Å². The van der Waals surface area contributed by atoms with Crippen molar-refractivity contribution in [2.75, 3.05) is 31.7 Å². The highest BCUT2D eigenvalue weighted by molar-refractivity contribution is 7.11. The van der Waals surface area contributed by atoms with Gasteiger partial charge >= 0.3 is 0 Å². The van der Waals surface area contributed by atoms with E-state index in [1.54, 1.807) is 0 Å². The summed E-state index contributed by atoms with van der Waals surface area (Å²) < 4.78 is 4.07.